The summed E-state index contributed by atoms with van der Waals surface area (Å²) in [4.78, 5) is 34.9. The van der Waals surface area contributed by atoms with Gasteiger partial charge < -0.3 is 24.1 Å². The molecule has 0 radical (unpaired) electrons. The van der Waals surface area contributed by atoms with Crippen LogP contribution >= 0.6 is 20.1 Å². The minimum absolute atomic E-state index is 0.00521. The van der Waals surface area contributed by atoms with Gasteiger partial charge in [-0.05, 0) is 5.56 Å². The van der Waals surface area contributed by atoms with Crippen molar-refractivity contribution in [3.05, 3.63) is 88.5 Å². The van der Waals surface area contributed by atoms with Crippen molar-refractivity contribution < 1.29 is 18.6 Å². The Balaban J connectivity index is 1.26. The lowest BCUT2D eigenvalue weighted by atomic mass is 10.2. The van der Waals surface area contributed by atoms with Gasteiger partial charge in [-0.3, -0.25) is 14.6 Å². The number of carbonyl (C=O) groups excluding carboxylic acids is 1. The lowest BCUT2D eigenvalue weighted by molar-refractivity contribution is 0.108. The number of ether oxygens (including phenoxy) is 1. The molecule has 188 valence electrons. The molecular formula is C24H26N5O5PS. The molecule has 12 heteroatoms. The number of H-pyrrole nitrogens is 1. The molecule has 2 heterocycles. The van der Waals surface area contributed by atoms with Crippen LogP contribution in [0.4, 0.5) is 5.95 Å². The van der Waals surface area contributed by atoms with Crippen molar-refractivity contribution in [3.63, 3.8) is 0 Å². The SMILES string of the molecule is Nc1nc2c(ncn2CCOCP(OCCSC(=O)c2ccccc2)OCc2ccccc2)c(=O)[nH]1. The minimum Gasteiger partial charge on any atom is -0.370 e. The van der Waals surface area contributed by atoms with Crippen LogP contribution in [-0.4, -0.2) is 49.9 Å². The van der Waals surface area contributed by atoms with E-state index in [-0.39, 0.29) is 28.5 Å². The van der Waals surface area contributed by atoms with E-state index in [0.717, 1.165) is 5.56 Å². The molecule has 0 spiro atoms. The zero-order chi connectivity index (χ0) is 25.2. The van der Waals surface area contributed by atoms with Gasteiger partial charge >= 0.3 is 0 Å². The molecular weight excluding hydrogens is 501 g/mol. The monoisotopic (exact) mass is 527 g/mol. The smallest absolute Gasteiger partial charge is 0.280 e. The molecule has 0 fully saturated rings. The topological polar surface area (TPSA) is 134 Å². The zero-order valence-electron chi connectivity index (χ0n) is 19.4. The molecule has 4 rings (SSSR count). The minimum atomic E-state index is -1.35. The Morgan fingerprint density at radius 3 is 2.58 bits per heavy atom. The number of nitrogens with zero attached hydrogens (tertiary/aromatic N) is 3. The maximum absolute atomic E-state index is 12.3. The number of nitrogens with one attached hydrogen (secondary N) is 1. The Bertz CT molecular complexity index is 1320. The molecule has 0 saturated carbocycles. The van der Waals surface area contributed by atoms with Crippen LogP contribution in [0.3, 0.4) is 0 Å². The van der Waals surface area contributed by atoms with Gasteiger partial charge in [0.1, 0.15) is 6.35 Å². The van der Waals surface area contributed by atoms with Crippen molar-refractivity contribution >= 4 is 42.4 Å². The van der Waals surface area contributed by atoms with E-state index in [0.29, 0.717) is 43.3 Å². The summed E-state index contributed by atoms with van der Waals surface area (Å²) in [6, 6.07) is 19.0. The summed E-state index contributed by atoms with van der Waals surface area (Å²) in [5.74, 6) is 0.536. The Labute approximate surface area is 213 Å². The summed E-state index contributed by atoms with van der Waals surface area (Å²) in [6.45, 7) is 1.50. The van der Waals surface area contributed by atoms with Crippen LogP contribution in [-0.2, 0) is 26.9 Å². The number of aromatic amines is 1. The third-order valence-electron chi connectivity index (χ3n) is 4.95. The maximum atomic E-state index is 12.3. The molecule has 10 nitrogen and oxygen atoms in total. The van der Waals surface area contributed by atoms with Crippen molar-refractivity contribution in [2.24, 2.45) is 0 Å². The molecule has 2 aromatic heterocycles. The average molecular weight is 528 g/mol. The molecule has 36 heavy (non-hydrogen) atoms. The number of imidazole rings is 1. The van der Waals surface area contributed by atoms with Gasteiger partial charge in [-0.15, -0.1) is 0 Å². The van der Waals surface area contributed by atoms with E-state index in [4.69, 9.17) is 19.5 Å². The van der Waals surface area contributed by atoms with Gasteiger partial charge in [-0.25, -0.2) is 4.98 Å². The number of anilines is 1. The first-order valence-electron chi connectivity index (χ1n) is 11.2. The predicted octanol–water partition coefficient (Wildman–Crippen LogP) is 3.79. The Morgan fingerprint density at radius 1 is 1.06 bits per heavy atom. The van der Waals surface area contributed by atoms with Crippen LogP contribution in [0.5, 0.6) is 0 Å². The van der Waals surface area contributed by atoms with Gasteiger partial charge in [0.15, 0.2) is 19.5 Å². The van der Waals surface area contributed by atoms with Crippen LogP contribution in [0.15, 0.2) is 71.8 Å². The maximum Gasteiger partial charge on any atom is 0.280 e. The second-order valence-electron chi connectivity index (χ2n) is 7.53. The van der Waals surface area contributed by atoms with Gasteiger partial charge in [0.25, 0.3) is 5.56 Å². The van der Waals surface area contributed by atoms with Crippen LogP contribution in [0.1, 0.15) is 15.9 Å². The summed E-state index contributed by atoms with van der Waals surface area (Å²) in [5, 5.41) is 0.00521. The fourth-order valence-electron chi connectivity index (χ4n) is 3.20. The molecule has 0 saturated heterocycles. The largest absolute Gasteiger partial charge is 0.370 e. The molecule has 2 aromatic carbocycles. The van der Waals surface area contributed by atoms with E-state index in [1.807, 2.05) is 48.5 Å². The van der Waals surface area contributed by atoms with Crippen LogP contribution in [0.2, 0.25) is 0 Å². The summed E-state index contributed by atoms with van der Waals surface area (Å²) in [6.07, 6.45) is 1.78. The van der Waals surface area contributed by atoms with Crippen molar-refractivity contribution in [1.29, 1.82) is 0 Å². The standard InChI is InChI=1S/C24H26N5O5PS/c25-24-27-21-20(22(30)28-24)26-16-29(21)11-12-32-17-35(34-15-18-7-3-1-4-8-18)33-13-14-36-23(31)19-9-5-2-6-10-19/h1-10,16H,11-15,17H2,(H3,25,27,28,30). The number of hydrogen-bond donors (Lipinski definition) is 2. The number of fused-ring (bicyclic) bond motifs is 1. The highest BCUT2D eigenvalue weighted by Gasteiger charge is 2.14. The fraction of sp³-hybridized carbons (Fsp3) is 0.250. The van der Waals surface area contributed by atoms with Gasteiger partial charge in [0, 0.05) is 17.9 Å². The highest BCUT2D eigenvalue weighted by Crippen LogP contribution is 2.39. The molecule has 1 unspecified atom stereocenters. The van der Waals surface area contributed by atoms with Crippen molar-refractivity contribution in [2.75, 3.05) is 31.0 Å². The van der Waals surface area contributed by atoms with E-state index in [9.17, 15) is 9.59 Å². The number of carbonyl (C=O) groups is 1. The third kappa shape index (κ3) is 7.46. The van der Waals surface area contributed by atoms with Gasteiger partial charge in [-0.1, -0.05) is 72.4 Å². The van der Waals surface area contributed by atoms with Gasteiger partial charge in [0.05, 0.1) is 26.1 Å². The average Bonchev–Trinajstić information content (AvgIpc) is 3.31. The van der Waals surface area contributed by atoms with Crippen LogP contribution in [0.25, 0.3) is 11.2 Å². The third-order valence-corrected chi connectivity index (χ3v) is 7.10. The molecule has 0 aliphatic carbocycles. The van der Waals surface area contributed by atoms with E-state index >= 15 is 0 Å². The number of thioether (sulfide) groups is 1. The number of nitrogen functional groups attached to an aromatic ring is 1. The number of rotatable bonds is 13. The normalized spacial score (nSPS) is 12.1. The van der Waals surface area contributed by atoms with E-state index in [2.05, 4.69) is 15.0 Å². The lowest BCUT2D eigenvalue weighted by Gasteiger charge is -2.18. The fourth-order valence-corrected chi connectivity index (χ4v) is 5.07. The summed E-state index contributed by atoms with van der Waals surface area (Å²) >= 11 is 1.21. The van der Waals surface area contributed by atoms with E-state index in [1.165, 1.54) is 18.1 Å². The molecule has 0 aliphatic rings. The first-order chi connectivity index (χ1) is 17.6. The number of nitrogens with two attached hydrogens (primary N) is 1. The van der Waals surface area contributed by atoms with Crippen molar-refractivity contribution in [3.8, 4) is 0 Å². The summed E-state index contributed by atoms with van der Waals surface area (Å²) in [5.41, 5.74) is 7.58. The highest BCUT2D eigenvalue weighted by atomic mass is 32.2. The second kappa shape index (κ2) is 13.3. The second-order valence-corrected chi connectivity index (χ2v) is 10.0. The first-order valence-corrected chi connectivity index (χ1v) is 13.5. The Kier molecular flexibility index (Phi) is 9.60. The van der Waals surface area contributed by atoms with E-state index < -0.39 is 8.38 Å². The predicted molar refractivity (Wildman–Crippen MR) is 141 cm³/mol. The van der Waals surface area contributed by atoms with Crippen molar-refractivity contribution in [1.82, 2.24) is 19.5 Å². The Hall–Kier alpha value is -3.08. The van der Waals surface area contributed by atoms with Crippen molar-refractivity contribution in [2.45, 2.75) is 13.2 Å². The lowest BCUT2D eigenvalue weighted by Crippen LogP contribution is -2.13. The van der Waals surface area contributed by atoms with Crippen LogP contribution < -0.4 is 11.3 Å². The Morgan fingerprint density at radius 2 is 1.81 bits per heavy atom. The van der Waals surface area contributed by atoms with E-state index in [1.54, 1.807) is 16.7 Å². The number of benzene rings is 2. The molecule has 1 atom stereocenters. The molecule has 3 N–H and O–H groups in total. The molecule has 4 aromatic rings. The quantitative estimate of drug-likeness (QED) is 0.197. The van der Waals surface area contributed by atoms with Crippen LogP contribution in [0, 0.1) is 0 Å². The van der Waals surface area contributed by atoms with Gasteiger partial charge in [-0.2, -0.15) is 4.98 Å². The number of hydrogen-bond acceptors (Lipinski definition) is 9. The highest BCUT2D eigenvalue weighted by molar-refractivity contribution is 8.14. The molecule has 0 aliphatic heterocycles. The zero-order valence-corrected chi connectivity index (χ0v) is 21.1. The number of aromatic nitrogens is 4. The molecule has 0 bridgehead atoms. The molecule has 0 amide bonds. The summed E-state index contributed by atoms with van der Waals surface area (Å²) < 4.78 is 19.5. The summed E-state index contributed by atoms with van der Waals surface area (Å²) in [7, 11) is -1.35. The first kappa shape index (κ1) is 26.0. The van der Waals surface area contributed by atoms with Gasteiger partial charge in [0.2, 0.25) is 11.1 Å².